The van der Waals surface area contributed by atoms with Gasteiger partial charge in [-0.1, -0.05) is 43.3 Å². The maximum absolute atomic E-state index is 12.0. The van der Waals surface area contributed by atoms with Gasteiger partial charge in [0.25, 0.3) is 0 Å². The summed E-state index contributed by atoms with van der Waals surface area (Å²) in [5.74, 6) is 0.751. The molecule has 6 heteroatoms. The van der Waals surface area contributed by atoms with Gasteiger partial charge in [-0.05, 0) is 56.3 Å². The Balaban J connectivity index is 2.00. The number of carbonyl (C=O) groups is 1. The van der Waals surface area contributed by atoms with E-state index in [4.69, 9.17) is 4.99 Å². The number of hydrogen-bond donors (Lipinski definition) is 3. The first-order valence-corrected chi connectivity index (χ1v) is 10.1. The summed E-state index contributed by atoms with van der Waals surface area (Å²) in [4.78, 5) is 18.5. The van der Waals surface area contributed by atoms with Crippen molar-refractivity contribution in [2.24, 2.45) is 4.99 Å². The van der Waals surface area contributed by atoms with E-state index in [9.17, 15) is 4.79 Å². The van der Waals surface area contributed by atoms with Crippen LogP contribution in [0.25, 0.3) is 0 Å². The standard InChI is InChI=1S/C23H33N5O/c1-5-19-11-7-8-12-20(19)16-26-23(24-6-2)25-15-18-10-9-13-21(14-18)27-22(29)17-28(3)4/h7-14H,5-6,15-17H2,1-4H3,(H,27,29)(H2,24,25,26). The molecule has 2 aromatic carbocycles. The molecular weight excluding hydrogens is 362 g/mol. The molecule has 2 aromatic rings. The third-order valence-electron chi connectivity index (χ3n) is 4.38. The van der Waals surface area contributed by atoms with Crippen LogP contribution in [0.15, 0.2) is 53.5 Å². The third-order valence-corrected chi connectivity index (χ3v) is 4.38. The molecule has 0 aliphatic heterocycles. The summed E-state index contributed by atoms with van der Waals surface area (Å²) in [7, 11) is 3.75. The molecule has 0 saturated heterocycles. The number of anilines is 1. The second-order valence-electron chi connectivity index (χ2n) is 7.16. The predicted octanol–water partition coefficient (Wildman–Crippen LogP) is 3.00. The summed E-state index contributed by atoms with van der Waals surface area (Å²) in [5, 5.41) is 9.63. The van der Waals surface area contributed by atoms with E-state index >= 15 is 0 Å². The number of nitrogens with zero attached hydrogens (tertiary/aromatic N) is 2. The zero-order valence-corrected chi connectivity index (χ0v) is 18.0. The molecule has 3 N–H and O–H groups in total. The van der Waals surface area contributed by atoms with Crippen molar-refractivity contribution in [3.63, 3.8) is 0 Å². The van der Waals surface area contributed by atoms with Gasteiger partial charge in [0.05, 0.1) is 13.1 Å². The molecule has 0 aliphatic rings. The highest BCUT2D eigenvalue weighted by Gasteiger charge is 2.05. The minimum atomic E-state index is -0.0275. The molecule has 0 heterocycles. The van der Waals surface area contributed by atoms with Crippen molar-refractivity contribution in [1.82, 2.24) is 15.5 Å². The fourth-order valence-corrected chi connectivity index (χ4v) is 3.00. The van der Waals surface area contributed by atoms with E-state index in [0.29, 0.717) is 13.1 Å². The first kappa shape index (κ1) is 22.4. The smallest absolute Gasteiger partial charge is 0.238 e. The van der Waals surface area contributed by atoms with E-state index in [1.165, 1.54) is 11.1 Å². The van der Waals surface area contributed by atoms with Gasteiger partial charge < -0.3 is 20.9 Å². The Hall–Kier alpha value is -2.86. The van der Waals surface area contributed by atoms with Crippen LogP contribution in [-0.2, 0) is 24.3 Å². The second-order valence-corrected chi connectivity index (χ2v) is 7.16. The summed E-state index contributed by atoms with van der Waals surface area (Å²) < 4.78 is 0. The average molecular weight is 396 g/mol. The number of carbonyl (C=O) groups excluding carboxylic acids is 1. The van der Waals surface area contributed by atoms with Crippen LogP contribution >= 0.6 is 0 Å². The van der Waals surface area contributed by atoms with Gasteiger partial charge in [0.1, 0.15) is 0 Å². The number of aliphatic imine (C=N–C) groups is 1. The number of benzene rings is 2. The molecule has 0 aliphatic carbocycles. The van der Waals surface area contributed by atoms with E-state index < -0.39 is 0 Å². The molecule has 29 heavy (non-hydrogen) atoms. The van der Waals surface area contributed by atoms with Crippen LogP contribution in [0, 0.1) is 0 Å². The molecule has 0 saturated carbocycles. The first-order valence-electron chi connectivity index (χ1n) is 10.1. The van der Waals surface area contributed by atoms with Crippen molar-refractivity contribution in [2.45, 2.75) is 33.4 Å². The van der Waals surface area contributed by atoms with Crippen LogP contribution in [0.5, 0.6) is 0 Å². The molecule has 2 rings (SSSR count). The lowest BCUT2D eigenvalue weighted by atomic mass is 10.1. The number of likely N-dealkylation sites (N-methyl/N-ethyl adjacent to an activating group) is 1. The number of amides is 1. The van der Waals surface area contributed by atoms with Crippen molar-refractivity contribution >= 4 is 17.6 Å². The van der Waals surface area contributed by atoms with Crippen molar-refractivity contribution in [3.05, 3.63) is 65.2 Å². The van der Waals surface area contributed by atoms with Crippen LogP contribution in [0.2, 0.25) is 0 Å². The number of nitrogens with one attached hydrogen (secondary N) is 3. The Morgan fingerprint density at radius 2 is 1.76 bits per heavy atom. The van der Waals surface area contributed by atoms with Gasteiger partial charge in [0.15, 0.2) is 5.96 Å². The lowest BCUT2D eigenvalue weighted by Crippen LogP contribution is -2.37. The van der Waals surface area contributed by atoms with E-state index in [1.54, 1.807) is 0 Å². The van der Waals surface area contributed by atoms with Crippen LogP contribution in [0.4, 0.5) is 5.69 Å². The molecular formula is C23H33N5O. The lowest BCUT2D eigenvalue weighted by molar-refractivity contribution is -0.116. The van der Waals surface area contributed by atoms with Gasteiger partial charge in [-0.3, -0.25) is 4.79 Å². The van der Waals surface area contributed by atoms with Gasteiger partial charge >= 0.3 is 0 Å². The Kier molecular flexibility index (Phi) is 9.18. The molecule has 0 spiro atoms. The first-order chi connectivity index (χ1) is 14.0. The Morgan fingerprint density at radius 1 is 1.00 bits per heavy atom. The number of aryl methyl sites for hydroxylation is 1. The predicted molar refractivity (Wildman–Crippen MR) is 121 cm³/mol. The monoisotopic (exact) mass is 395 g/mol. The molecule has 0 atom stereocenters. The van der Waals surface area contributed by atoms with Gasteiger partial charge in [-0.2, -0.15) is 0 Å². The average Bonchev–Trinajstić information content (AvgIpc) is 2.70. The zero-order valence-electron chi connectivity index (χ0n) is 18.0. The lowest BCUT2D eigenvalue weighted by Gasteiger charge is -2.14. The van der Waals surface area contributed by atoms with Crippen molar-refractivity contribution < 1.29 is 4.79 Å². The fourth-order valence-electron chi connectivity index (χ4n) is 3.00. The number of rotatable bonds is 9. The minimum absolute atomic E-state index is 0.0275. The van der Waals surface area contributed by atoms with Crippen LogP contribution in [0.1, 0.15) is 30.5 Å². The van der Waals surface area contributed by atoms with Crippen molar-refractivity contribution in [2.75, 3.05) is 32.5 Å². The Labute approximate surface area is 174 Å². The summed E-state index contributed by atoms with van der Waals surface area (Å²) in [6.45, 7) is 6.64. The number of guanidine groups is 1. The molecule has 0 aromatic heterocycles. The minimum Gasteiger partial charge on any atom is -0.357 e. The van der Waals surface area contributed by atoms with Crippen LogP contribution in [-0.4, -0.2) is 44.0 Å². The summed E-state index contributed by atoms with van der Waals surface area (Å²) in [6, 6.07) is 16.3. The molecule has 1 amide bonds. The molecule has 0 fully saturated rings. The molecule has 6 nitrogen and oxygen atoms in total. The maximum Gasteiger partial charge on any atom is 0.238 e. The van der Waals surface area contributed by atoms with Crippen LogP contribution in [0.3, 0.4) is 0 Å². The topological polar surface area (TPSA) is 68.8 Å². The molecule has 0 radical (unpaired) electrons. The van der Waals surface area contributed by atoms with Gasteiger partial charge in [0.2, 0.25) is 5.91 Å². The summed E-state index contributed by atoms with van der Waals surface area (Å²) in [5.41, 5.74) is 4.46. The van der Waals surface area contributed by atoms with Crippen molar-refractivity contribution in [1.29, 1.82) is 0 Å². The zero-order chi connectivity index (χ0) is 21.1. The quantitative estimate of drug-likeness (QED) is 0.451. The van der Waals surface area contributed by atoms with Gasteiger partial charge in [-0.25, -0.2) is 4.99 Å². The van der Waals surface area contributed by atoms with E-state index in [1.807, 2.05) is 43.3 Å². The van der Waals surface area contributed by atoms with E-state index in [-0.39, 0.29) is 5.91 Å². The van der Waals surface area contributed by atoms with Gasteiger partial charge in [-0.15, -0.1) is 0 Å². The molecule has 0 bridgehead atoms. The van der Waals surface area contributed by atoms with Crippen LogP contribution < -0.4 is 16.0 Å². The fraction of sp³-hybridized carbons (Fsp3) is 0.391. The Morgan fingerprint density at radius 3 is 2.45 bits per heavy atom. The summed E-state index contributed by atoms with van der Waals surface area (Å²) >= 11 is 0. The highest BCUT2D eigenvalue weighted by atomic mass is 16.2. The van der Waals surface area contributed by atoms with Gasteiger partial charge in [0, 0.05) is 18.8 Å². The molecule has 0 unspecified atom stereocenters. The largest absolute Gasteiger partial charge is 0.357 e. The second kappa shape index (κ2) is 11.9. The summed E-state index contributed by atoms with van der Waals surface area (Å²) in [6.07, 6.45) is 1.01. The van der Waals surface area contributed by atoms with E-state index in [2.05, 4.69) is 54.1 Å². The highest BCUT2D eigenvalue weighted by molar-refractivity contribution is 5.92. The Bertz CT molecular complexity index is 816. The third kappa shape index (κ3) is 7.95. The maximum atomic E-state index is 12.0. The van der Waals surface area contributed by atoms with Crippen molar-refractivity contribution in [3.8, 4) is 0 Å². The normalized spacial score (nSPS) is 11.4. The number of hydrogen-bond acceptors (Lipinski definition) is 3. The highest BCUT2D eigenvalue weighted by Crippen LogP contribution is 2.12. The van der Waals surface area contributed by atoms with E-state index in [0.717, 1.165) is 36.7 Å². The molecule has 156 valence electrons. The SMILES string of the molecule is CCNC(=NCc1cccc(NC(=O)CN(C)C)c1)NCc1ccccc1CC.